The number of hydrogen-bond acceptors (Lipinski definition) is 2. The number of aliphatic carboxylic acids is 1. The maximum atomic E-state index is 11.5. The number of piperidine rings is 1. The SMILES string of the molecule is CCc1ccc(C(c2cccc(Br)c2)N2CCCC(C(=O)O)C2)cc1. The third-order valence-electron chi connectivity index (χ3n) is 5.04. The number of hydrogen-bond donors (Lipinski definition) is 1. The van der Waals surface area contributed by atoms with E-state index in [0.717, 1.165) is 30.3 Å². The van der Waals surface area contributed by atoms with Gasteiger partial charge in [0.1, 0.15) is 0 Å². The summed E-state index contributed by atoms with van der Waals surface area (Å²) in [6.45, 7) is 3.68. The molecule has 2 aromatic rings. The molecule has 25 heavy (non-hydrogen) atoms. The van der Waals surface area contributed by atoms with Gasteiger partial charge in [0.15, 0.2) is 0 Å². The molecule has 2 atom stereocenters. The maximum Gasteiger partial charge on any atom is 0.307 e. The number of carboxylic acid groups (broad SMARTS) is 1. The second-order valence-corrected chi connectivity index (χ2v) is 7.64. The summed E-state index contributed by atoms with van der Waals surface area (Å²) in [4.78, 5) is 13.8. The van der Waals surface area contributed by atoms with Gasteiger partial charge in [-0.25, -0.2) is 0 Å². The van der Waals surface area contributed by atoms with E-state index in [1.54, 1.807) is 0 Å². The van der Waals surface area contributed by atoms with Gasteiger partial charge in [-0.15, -0.1) is 0 Å². The van der Waals surface area contributed by atoms with E-state index < -0.39 is 5.97 Å². The average Bonchev–Trinajstić information content (AvgIpc) is 2.63. The first kappa shape index (κ1) is 18.2. The predicted molar refractivity (Wildman–Crippen MR) is 104 cm³/mol. The van der Waals surface area contributed by atoms with E-state index in [-0.39, 0.29) is 12.0 Å². The van der Waals surface area contributed by atoms with Gasteiger partial charge in [0.25, 0.3) is 0 Å². The van der Waals surface area contributed by atoms with Crippen molar-refractivity contribution < 1.29 is 9.90 Å². The average molecular weight is 402 g/mol. The monoisotopic (exact) mass is 401 g/mol. The molecular weight excluding hydrogens is 378 g/mol. The molecule has 132 valence electrons. The molecule has 3 rings (SSSR count). The Labute approximate surface area is 157 Å². The van der Waals surface area contributed by atoms with E-state index >= 15 is 0 Å². The first-order valence-electron chi connectivity index (χ1n) is 8.89. The van der Waals surface area contributed by atoms with Crippen LogP contribution in [0.1, 0.15) is 42.5 Å². The lowest BCUT2D eigenvalue weighted by molar-refractivity contribution is -0.143. The second-order valence-electron chi connectivity index (χ2n) is 6.73. The zero-order chi connectivity index (χ0) is 17.8. The number of nitrogens with zero attached hydrogens (tertiary/aromatic N) is 1. The molecule has 1 fully saturated rings. The topological polar surface area (TPSA) is 40.5 Å². The molecule has 1 heterocycles. The summed E-state index contributed by atoms with van der Waals surface area (Å²) >= 11 is 3.57. The molecule has 0 bridgehead atoms. The van der Waals surface area contributed by atoms with Crippen LogP contribution in [0.25, 0.3) is 0 Å². The van der Waals surface area contributed by atoms with Crippen molar-refractivity contribution in [2.75, 3.05) is 13.1 Å². The molecular formula is C21H24BrNO2. The molecule has 3 nitrogen and oxygen atoms in total. The van der Waals surface area contributed by atoms with Crippen molar-refractivity contribution in [2.24, 2.45) is 5.92 Å². The molecule has 0 aromatic heterocycles. The van der Waals surface area contributed by atoms with Crippen molar-refractivity contribution in [3.63, 3.8) is 0 Å². The largest absolute Gasteiger partial charge is 0.481 e. The highest BCUT2D eigenvalue weighted by atomic mass is 79.9. The Bertz CT molecular complexity index is 729. The summed E-state index contributed by atoms with van der Waals surface area (Å²) < 4.78 is 1.05. The van der Waals surface area contributed by atoms with Crippen LogP contribution in [-0.2, 0) is 11.2 Å². The number of likely N-dealkylation sites (tertiary alicyclic amines) is 1. The van der Waals surface area contributed by atoms with Gasteiger partial charge in [-0.2, -0.15) is 0 Å². The van der Waals surface area contributed by atoms with Gasteiger partial charge in [0.2, 0.25) is 0 Å². The van der Waals surface area contributed by atoms with Crippen molar-refractivity contribution in [1.82, 2.24) is 4.90 Å². The molecule has 0 spiro atoms. The molecule has 1 saturated heterocycles. The third kappa shape index (κ3) is 4.31. The van der Waals surface area contributed by atoms with Gasteiger partial charge >= 0.3 is 5.97 Å². The highest BCUT2D eigenvalue weighted by molar-refractivity contribution is 9.10. The molecule has 1 N–H and O–H groups in total. The highest BCUT2D eigenvalue weighted by Crippen LogP contribution is 2.34. The van der Waals surface area contributed by atoms with E-state index in [9.17, 15) is 9.90 Å². The zero-order valence-electron chi connectivity index (χ0n) is 14.5. The molecule has 4 heteroatoms. The van der Waals surface area contributed by atoms with Crippen LogP contribution >= 0.6 is 15.9 Å². The first-order valence-corrected chi connectivity index (χ1v) is 9.69. The standard InChI is InChI=1S/C21H24BrNO2/c1-2-15-8-10-16(11-9-15)20(17-5-3-7-19(22)13-17)23-12-4-6-18(14-23)21(24)25/h3,5,7-11,13,18,20H,2,4,6,12,14H2,1H3,(H,24,25). The van der Waals surface area contributed by atoms with E-state index in [2.05, 4.69) is 64.2 Å². The quantitative estimate of drug-likeness (QED) is 0.774. The van der Waals surface area contributed by atoms with Crippen molar-refractivity contribution in [1.29, 1.82) is 0 Å². The van der Waals surface area contributed by atoms with Gasteiger partial charge in [0, 0.05) is 11.0 Å². The van der Waals surface area contributed by atoms with Gasteiger partial charge in [-0.1, -0.05) is 59.3 Å². The predicted octanol–water partition coefficient (Wildman–Crippen LogP) is 4.90. The number of rotatable bonds is 5. The molecule has 2 unspecified atom stereocenters. The minimum absolute atomic E-state index is 0.0885. The van der Waals surface area contributed by atoms with Gasteiger partial charge in [-0.05, 0) is 54.6 Å². The fourth-order valence-corrected chi connectivity index (χ4v) is 4.09. The second kappa shape index (κ2) is 8.15. The lowest BCUT2D eigenvalue weighted by atomic mass is 9.91. The van der Waals surface area contributed by atoms with Crippen LogP contribution in [0, 0.1) is 5.92 Å². The van der Waals surface area contributed by atoms with Crippen LogP contribution in [0.5, 0.6) is 0 Å². The Morgan fingerprint density at radius 3 is 2.64 bits per heavy atom. The molecule has 0 saturated carbocycles. The van der Waals surface area contributed by atoms with Crippen molar-refractivity contribution in [2.45, 2.75) is 32.2 Å². The summed E-state index contributed by atoms with van der Waals surface area (Å²) in [5.74, 6) is -0.961. The van der Waals surface area contributed by atoms with Crippen LogP contribution in [0.4, 0.5) is 0 Å². The number of carboxylic acids is 1. The van der Waals surface area contributed by atoms with Gasteiger partial charge in [-0.3, -0.25) is 9.69 Å². The molecule has 1 aliphatic heterocycles. The Morgan fingerprint density at radius 1 is 1.24 bits per heavy atom. The summed E-state index contributed by atoms with van der Waals surface area (Å²) in [5, 5.41) is 9.46. The fourth-order valence-electron chi connectivity index (χ4n) is 3.67. The fraction of sp³-hybridized carbons (Fsp3) is 0.381. The number of aryl methyl sites for hydroxylation is 1. The zero-order valence-corrected chi connectivity index (χ0v) is 16.1. The smallest absolute Gasteiger partial charge is 0.307 e. The van der Waals surface area contributed by atoms with Gasteiger partial charge < -0.3 is 5.11 Å². The maximum absolute atomic E-state index is 11.5. The Hall–Kier alpha value is -1.65. The lowest BCUT2D eigenvalue weighted by Gasteiger charge is -2.37. The molecule has 2 aromatic carbocycles. The Kier molecular flexibility index (Phi) is 5.92. The van der Waals surface area contributed by atoms with E-state index in [1.165, 1.54) is 16.7 Å². The van der Waals surface area contributed by atoms with Crippen LogP contribution in [0.3, 0.4) is 0 Å². The summed E-state index contributed by atoms with van der Waals surface area (Å²) in [6.07, 6.45) is 2.72. The van der Waals surface area contributed by atoms with Crippen LogP contribution in [0.2, 0.25) is 0 Å². The summed E-state index contributed by atoms with van der Waals surface area (Å²) in [6, 6.07) is 17.2. The minimum Gasteiger partial charge on any atom is -0.481 e. The van der Waals surface area contributed by atoms with Crippen LogP contribution in [-0.4, -0.2) is 29.1 Å². The first-order chi connectivity index (χ1) is 12.1. The minimum atomic E-state index is -0.681. The summed E-state index contributed by atoms with van der Waals surface area (Å²) in [5.41, 5.74) is 3.74. The van der Waals surface area contributed by atoms with Crippen LogP contribution in [0.15, 0.2) is 53.0 Å². The third-order valence-corrected chi connectivity index (χ3v) is 5.53. The number of benzene rings is 2. The van der Waals surface area contributed by atoms with Crippen molar-refractivity contribution >= 4 is 21.9 Å². The van der Waals surface area contributed by atoms with Crippen LogP contribution < -0.4 is 0 Å². The molecule has 0 radical (unpaired) electrons. The number of halogens is 1. The number of carbonyl (C=O) groups is 1. The molecule has 0 amide bonds. The van der Waals surface area contributed by atoms with Crippen molar-refractivity contribution in [3.05, 3.63) is 69.7 Å². The normalized spacial score (nSPS) is 19.5. The van der Waals surface area contributed by atoms with E-state index in [0.29, 0.717) is 6.54 Å². The van der Waals surface area contributed by atoms with E-state index in [1.807, 2.05) is 12.1 Å². The van der Waals surface area contributed by atoms with Crippen molar-refractivity contribution in [3.8, 4) is 0 Å². The molecule has 0 aliphatic carbocycles. The van der Waals surface area contributed by atoms with E-state index in [4.69, 9.17) is 0 Å². The summed E-state index contributed by atoms with van der Waals surface area (Å²) in [7, 11) is 0. The molecule has 1 aliphatic rings. The Morgan fingerprint density at radius 2 is 2.00 bits per heavy atom. The Balaban J connectivity index is 1.97. The lowest BCUT2D eigenvalue weighted by Crippen LogP contribution is -2.41. The van der Waals surface area contributed by atoms with Gasteiger partial charge in [0.05, 0.1) is 12.0 Å². The highest BCUT2D eigenvalue weighted by Gasteiger charge is 2.31.